The molecule has 0 aromatic heterocycles. The molecule has 0 spiro atoms. The van der Waals surface area contributed by atoms with Gasteiger partial charge in [0, 0.05) is 19.8 Å². The van der Waals surface area contributed by atoms with Gasteiger partial charge in [-0.3, -0.25) is 0 Å². The first-order valence-corrected chi connectivity index (χ1v) is 8.07. The van der Waals surface area contributed by atoms with Gasteiger partial charge in [0.05, 0.1) is 0 Å². The minimum atomic E-state index is -3.73. The van der Waals surface area contributed by atoms with Gasteiger partial charge in [0.25, 0.3) is 0 Å². The van der Waals surface area contributed by atoms with E-state index < -0.39 is 24.9 Å². The second-order valence-corrected chi connectivity index (χ2v) is 8.36. The number of nitrogens with zero attached hydrogens (tertiary/aromatic N) is 1. The molecule has 0 aliphatic rings. The summed E-state index contributed by atoms with van der Waals surface area (Å²) in [4.78, 5) is 0. The van der Waals surface area contributed by atoms with Gasteiger partial charge < -0.3 is 5.73 Å². The molecule has 0 aliphatic heterocycles. The van der Waals surface area contributed by atoms with Crippen LogP contribution in [0.25, 0.3) is 0 Å². The average molecular weight is 258 g/mol. The van der Waals surface area contributed by atoms with Gasteiger partial charge in [-0.15, -0.1) is 0 Å². The van der Waals surface area contributed by atoms with E-state index in [4.69, 9.17) is 5.73 Å². The number of hydrogen-bond donors (Lipinski definition) is 1. The van der Waals surface area contributed by atoms with Crippen molar-refractivity contribution in [2.75, 3.05) is 31.5 Å². The van der Waals surface area contributed by atoms with E-state index >= 15 is 0 Å². The van der Waals surface area contributed by atoms with Gasteiger partial charge in [0.15, 0.2) is 14.9 Å². The Bertz CT molecular complexity index is 387. The molecule has 0 saturated carbocycles. The summed E-state index contributed by atoms with van der Waals surface area (Å²) in [6, 6.07) is 0. The van der Waals surface area contributed by atoms with E-state index in [1.165, 1.54) is 7.05 Å². The summed E-state index contributed by atoms with van der Waals surface area (Å²) in [5.41, 5.74) is 5.35. The van der Waals surface area contributed by atoms with Crippen molar-refractivity contribution in [3.8, 4) is 0 Å². The molecular formula is C7H18N2O4S2. The Balaban J connectivity index is 4.61. The standard InChI is InChI=1S/C7H18N2O4S2/c1-7(4-8)5-9(2)15(12,13)6-14(3,10)11/h7H,4-6,8H2,1-3H3. The lowest BCUT2D eigenvalue weighted by atomic mass is 10.2. The Labute approximate surface area is 91.4 Å². The maximum absolute atomic E-state index is 11.5. The van der Waals surface area contributed by atoms with Crippen LogP contribution in [0.15, 0.2) is 0 Å². The number of sulfone groups is 1. The van der Waals surface area contributed by atoms with E-state index in [0.29, 0.717) is 6.54 Å². The number of sulfonamides is 1. The van der Waals surface area contributed by atoms with Gasteiger partial charge in [0.2, 0.25) is 10.0 Å². The Kier molecular flexibility index (Phi) is 5.18. The largest absolute Gasteiger partial charge is 0.330 e. The molecule has 0 heterocycles. The highest BCUT2D eigenvalue weighted by molar-refractivity contribution is 8.06. The van der Waals surface area contributed by atoms with Crippen LogP contribution >= 0.6 is 0 Å². The molecule has 0 radical (unpaired) electrons. The quantitative estimate of drug-likeness (QED) is 0.648. The van der Waals surface area contributed by atoms with Crippen LogP contribution in [0.2, 0.25) is 0 Å². The van der Waals surface area contributed by atoms with Crippen LogP contribution in [0.5, 0.6) is 0 Å². The van der Waals surface area contributed by atoms with Gasteiger partial charge in [-0.1, -0.05) is 6.92 Å². The zero-order valence-electron chi connectivity index (χ0n) is 9.17. The van der Waals surface area contributed by atoms with Crippen LogP contribution in [0.1, 0.15) is 6.92 Å². The van der Waals surface area contributed by atoms with Crippen molar-refractivity contribution in [2.45, 2.75) is 6.92 Å². The van der Waals surface area contributed by atoms with E-state index in [0.717, 1.165) is 10.6 Å². The third kappa shape index (κ3) is 6.08. The summed E-state index contributed by atoms with van der Waals surface area (Å²) < 4.78 is 45.8. The molecule has 8 heteroatoms. The van der Waals surface area contributed by atoms with Crippen molar-refractivity contribution < 1.29 is 16.8 Å². The Hall–Kier alpha value is -0.180. The Morgan fingerprint density at radius 3 is 2.07 bits per heavy atom. The highest BCUT2D eigenvalue weighted by Crippen LogP contribution is 2.05. The van der Waals surface area contributed by atoms with E-state index in [1.54, 1.807) is 6.92 Å². The number of nitrogens with two attached hydrogens (primary N) is 1. The fourth-order valence-corrected chi connectivity index (χ4v) is 4.35. The van der Waals surface area contributed by atoms with Crippen LogP contribution in [-0.4, -0.2) is 52.6 Å². The predicted octanol–water partition coefficient (Wildman–Crippen LogP) is -1.16. The lowest BCUT2D eigenvalue weighted by molar-refractivity contribution is 0.407. The maximum atomic E-state index is 11.5. The average Bonchev–Trinajstić information content (AvgIpc) is 1.99. The third-order valence-corrected chi connectivity index (χ3v) is 5.81. The zero-order chi connectivity index (χ0) is 12.3. The summed E-state index contributed by atoms with van der Waals surface area (Å²) in [6.07, 6.45) is 0.894. The van der Waals surface area contributed by atoms with Crippen molar-refractivity contribution in [1.82, 2.24) is 4.31 Å². The van der Waals surface area contributed by atoms with Crippen molar-refractivity contribution in [2.24, 2.45) is 11.7 Å². The summed E-state index contributed by atoms with van der Waals surface area (Å²) in [7, 11) is -5.91. The first-order chi connectivity index (χ1) is 6.58. The van der Waals surface area contributed by atoms with Gasteiger partial charge >= 0.3 is 0 Å². The lowest BCUT2D eigenvalue weighted by Gasteiger charge is -2.19. The van der Waals surface area contributed by atoms with Gasteiger partial charge in [-0.25, -0.2) is 21.1 Å². The van der Waals surface area contributed by atoms with Crippen LogP contribution in [-0.2, 0) is 19.9 Å². The second-order valence-electron chi connectivity index (χ2n) is 3.78. The third-order valence-electron chi connectivity index (χ3n) is 1.81. The summed E-state index contributed by atoms with van der Waals surface area (Å²) in [5.74, 6) is 0.00401. The molecule has 1 atom stereocenters. The number of rotatable bonds is 6. The minimum Gasteiger partial charge on any atom is -0.330 e. The summed E-state index contributed by atoms with van der Waals surface area (Å²) >= 11 is 0. The van der Waals surface area contributed by atoms with Crippen LogP contribution in [0.3, 0.4) is 0 Å². The SMILES string of the molecule is CC(CN)CN(C)S(=O)(=O)CS(C)(=O)=O. The summed E-state index contributed by atoms with van der Waals surface area (Å²) in [6.45, 7) is 2.39. The van der Waals surface area contributed by atoms with Gasteiger partial charge in [-0.2, -0.15) is 0 Å². The fourth-order valence-electron chi connectivity index (χ4n) is 0.988. The van der Waals surface area contributed by atoms with E-state index in [9.17, 15) is 16.8 Å². The molecule has 0 rings (SSSR count). The van der Waals surface area contributed by atoms with Crippen LogP contribution in [0.4, 0.5) is 0 Å². The summed E-state index contributed by atoms with van der Waals surface area (Å²) in [5, 5.41) is -0.853. The second kappa shape index (κ2) is 5.24. The normalized spacial score (nSPS) is 15.5. The smallest absolute Gasteiger partial charge is 0.228 e. The van der Waals surface area contributed by atoms with Crippen molar-refractivity contribution in [3.05, 3.63) is 0 Å². The molecule has 0 amide bonds. The molecule has 0 aromatic rings. The van der Waals surface area contributed by atoms with Gasteiger partial charge in [0.1, 0.15) is 0 Å². The molecule has 6 nitrogen and oxygen atoms in total. The van der Waals surface area contributed by atoms with Crippen molar-refractivity contribution in [3.63, 3.8) is 0 Å². The van der Waals surface area contributed by atoms with Crippen molar-refractivity contribution in [1.29, 1.82) is 0 Å². The zero-order valence-corrected chi connectivity index (χ0v) is 10.8. The first kappa shape index (κ1) is 14.8. The first-order valence-electron chi connectivity index (χ1n) is 4.40. The highest BCUT2D eigenvalue weighted by atomic mass is 32.3. The molecular weight excluding hydrogens is 240 g/mol. The highest BCUT2D eigenvalue weighted by Gasteiger charge is 2.24. The molecule has 0 aliphatic carbocycles. The fraction of sp³-hybridized carbons (Fsp3) is 1.00. The topological polar surface area (TPSA) is 97.5 Å². The molecule has 2 N–H and O–H groups in total. The molecule has 0 bridgehead atoms. The molecule has 92 valence electrons. The predicted molar refractivity (Wildman–Crippen MR) is 59.5 cm³/mol. The molecule has 15 heavy (non-hydrogen) atoms. The Morgan fingerprint density at radius 1 is 1.27 bits per heavy atom. The Morgan fingerprint density at radius 2 is 1.73 bits per heavy atom. The van der Waals surface area contributed by atoms with E-state index in [1.807, 2.05) is 0 Å². The minimum absolute atomic E-state index is 0.00401. The van der Waals surface area contributed by atoms with E-state index in [2.05, 4.69) is 0 Å². The maximum Gasteiger partial charge on any atom is 0.228 e. The van der Waals surface area contributed by atoms with Crippen LogP contribution in [0, 0.1) is 5.92 Å². The van der Waals surface area contributed by atoms with E-state index in [-0.39, 0.29) is 12.5 Å². The van der Waals surface area contributed by atoms with Crippen molar-refractivity contribution >= 4 is 19.9 Å². The molecule has 1 unspecified atom stereocenters. The molecule has 0 saturated heterocycles. The lowest BCUT2D eigenvalue weighted by Crippen LogP contribution is -2.36. The monoisotopic (exact) mass is 258 g/mol. The van der Waals surface area contributed by atoms with Gasteiger partial charge in [-0.05, 0) is 12.5 Å². The molecule has 0 fully saturated rings. The van der Waals surface area contributed by atoms with Crippen LogP contribution < -0.4 is 5.73 Å². The number of hydrogen-bond acceptors (Lipinski definition) is 5. The molecule has 0 aromatic carbocycles.